The minimum absolute atomic E-state index is 0.224. The van der Waals surface area contributed by atoms with Crippen LogP contribution in [0, 0.1) is 0 Å². The number of aromatic nitrogens is 1. The van der Waals surface area contributed by atoms with Crippen molar-refractivity contribution in [2.75, 3.05) is 25.6 Å². The number of thiazole rings is 1. The second-order valence-electron chi connectivity index (χ2n) is 8.91. The molecule has 0 fully saturated rings. The van der Waals surface area contributed by atoms with E-state index in [9.17, 15) is 9.59 Å². The molecule has 1 aromatic heterocycles. The Morgan fingerprint density at radius 2 is 1.84 bits per heavy atom. The zero-order valence-corrected chi connectivity index (χ0v) is 23.1. The predicted octanol–water partition coefficient (Wildman–Crippen LogP) is 4.93. The van der Waals surface area contributed by atoms with Gasteiger partial charge in [-0.25, -0.2) is 9.78 Å². The summed E-state index contributed by atoms with van der Waals surface area (Å²) >= 11 is 1.40. The van der Waals surface area contributed by atoms with Gasteiger partial charge in [-0.3, -0.25) is 4.79 Å². The van der Waals surface area contributed by atoms with Crippen LogP contribution in [0.4, 0.5) is 5.13 Å². The lowest BCUT2D eigenvalue weighted by Crippen LogP contribution is -2.66. The fraction of sp³-hybridized carbons (Fsp3) is 0.345. The van der Waals surface area contributed by atoms with Crippen LogP contribution in [0.2, 0.25) is 0 Å². The SMILES string of the molecule is CCOC(=O)C1=C(C)NC(C)C(C(=O)OCC)(c2ccccc2)C1Nc1nccs1.COc1ccc2cc1-2. The highest BCUT2D eigenvalue weighted by molar-refractivity contribution is 7.13. The van der Waals surface area contributed by atoms with E-state index in [4.69, 9.17) is 14.2 Å². The summed E-state index contributed by atoms with van der Waals surface area (Å²) in [4.78, 5) is 31.0. The van der Waals surface area contributed by atoms with Crippen LogP contribution in [0.25, 0.3) is 11.1 Å². The van der Waals surface area contributed by atoms with Gasteiger partial charge in [-0.1, -0.05) is 36.4 Å². The number of hydrogen-bond acceptors (Lipinski definition) is 9. The maximum absolute atomic E-state index is 13.6. The molecule has 3 aliphatic rings. The van der Waals surface area contributed by atoms with Gasteiger partial charge in [-0.15, -0.1) is 11.3 Å². The van der Waals surface area contributed by atoms with E-state index >= 15 is 0 Å². The number of carbonyl (C=O) groups excluding carboxylic acids is 2. The van der Waals surface area contributed by atoms with Gasteiger partial charge in [-0.05, 0) is 51.0 Å². The molecule has 2 N–H and O–H groups in total. The minimum atomic E-state index is -1.22. The van der Waals surface area contributed by atoms with Crippen LogP contribution in [0.5, 0.6) is 5.75 Å². The van der Waals surface area contributed by atoms with Crippen molar-refractivity contribution in [3.05, 3.63) is 76.9 Å². The number of rotatable bonds is 8. The molecule has 9 heteroatoms. The van der Waals surface area contributed by atoms with Gasteiger partial charge in [0.05, 0.1) is 31.9 Å². The zero-order chi connectivity index (χ0) is 27.3. The van der Waals surface area contributed by atoms with Crippen LogP contribution in [-0.4, -0.2) is 49.3 Å². The number of ether oxygens (including phenoxy) is 3. The number of methoxy groups -OCH3 is 1. The van der Waals surface area contributed by atoms with Gasteiger partial charge >= 0.3 is 11.9 Å². The standard InChI is InChI=1S/C22H27N3O4S.C7H6O/c1-5-28-19(26)17-14(3)24-15(4)22(20(27)29-6-2,16-10-8-7-9-11-16)18(17)25-21-23-12-13-30-21;1-8-7-3-2-5-4-6(5)7/h7-13,15,18,24H,5-6H2,1-4H3,(H,23,25);2-4H,1H3. The highest BCUT2D eigenvalue weighted by Gasteiger charge is 2.58. The summed E-state index contributed by atoms with van der Waals surface area (Å²) in [6.07, 6.45) is 1.67. The Kier molecular flexibility index (Phi) is 8.36. The van der Waals surface area contributed by atoms with Crippen LogP contribution < -0.4 is 15.4 Å². The maximum atomic E-state index is 13.6. The fourth-order valence-electron chi connectivity index (χ4n) is 4.99. The smallest absolute Gasteiger partial charge is 0.337 e. The Hall–Kier alpha value is -3.85. The quantitative estimate of drug-likeness (QED) is 0.307. The Balaban J connectivity index is 0.000000353. The number of nitrogens with zero attached hydrogens (tertiary/aromatic N) is 1. The normalized spacial score (nSPS) is 20.9. The van der Waals surface area contributed by atoms with E-state index in [0.29, 0.717) is 16.4 Å². The highest BCUT2D eigenvalue weighted by Crippen LogP contribution is 2.44. The topological polar surface area (TPSA) is 98.8 Å². The maximum Gasteiger partial charge on any atom is 0.337 e. The number of anilines is 1. The van der Waals surface area contributed by atoms with Crippen LogP contribution in [-0.2, 0) is 24.5 Å². The van der Waals surface area contributed by atoms with E-state index in [0.717, 1.165) is 11.3 Å². The van der Waals surface area contributed by atoms with E-state index in [-0.39, 0.29) is 19.3 Å². The molecule has 2 aromatic rings. The third kappa shape index (κ3) is 5.11. The Labute approximate surface area is 227 Å². The van der Waals surface area contributed by atoms with Crippen molar-refractivity contribution in [1.82, 2.24) is 10.3 Å². The van der Waals surface area contributed by atoms with Crippen molar-refractivity contribution in [2.24, 2.45) is 0 Å². The molecule has 0 amide bonds. The third-order valence-corrected chi connectivity index (χ3v) is 7.46. The minimum Gasteiger partial charge on any atom is -0.496 e. The molecule has 2 aliphatic carbocycles. The zero-order valence-electron chi connectivity index (χ0n) is 22.2. The third-order valence-electron chi connectivity index (χ3n) is 6.75. The van der Waals surface area contributed by atoms with Gasteiger partial charge < -0.3 is 24.8 Å². The van der Waals surface area contributed by atoms with Gasteiger partial charge in [0.2, 0.25) is 0 Å². The lowest BCUT2D eigenvalue weighted by atomic mass is 9.64. The molecule has 8 nitrogen and oxygen atoms in total. The summed E-state index contributed by atoms with van der Waals surface area (Å²) in [6.45, 7) is 7.72. The number of hydrogen-bond donors (Lipinski definition) is 2. The molecule has 38 heavy (non-hydrogen) atoms. The summed E-state index contributed by atoms with van der Waals surface area (Å²) in [7, 11) is 1.70. The molecule has 0 spiro atoms. The summed E-state index contributed by atoms with van der Waals surface area (Å²) in [6, 6.07) is 14.5. The average molecular weight is 536 g/mol. The summed E-state index contributed by atoms with van der Waals surface area (Å²) in [5.74, 6) is 0.118. The number of nitrogens with one attached hydrogen (secondary N) is 2. The molecule has 0 radical (unpaired) electrons. The molecule has 1 aromatic carbocycles. The summed E-state index contributed by atoms with van der Waals surface area (Å²) in [5, 5.41) is 9.12. The average Bonchev–Trinajstić information content (AvgIpc) is 3.29. The number of allylic oxidation sites excluding steroid dienone is 1. The van der Waals surface area contributed by atoms with E-state index < -0.39 is 23.4 Å². The van der Waals surface area contributed by atoms with Crippen molar-refractivity contribution < 1.29 is 23.8 Å². The summed E-state index contributed by atoms with van der Waals surface area (Å²) < 4.78 is 15.9. The Morgan fingerprint density at radius 3 is 2.37 bits per heavy atom. The molecular formula is C29H33N3O5S. The van der Waals surface area contributed by atoms with E-state index in [1.807, 2.05) is 55.6 Å². The van der Waals surface area contributed by atoms with Gasteiger partial charge in [0.25, 0.3) is 0 Å². The molecule has 1 aliphatic heterocycles. The second-order valence-corrected chi connectivity index (χ2v) is 9.80. The lowest BCUT2D eigenvalue weighted by molar-refractivity contribution is -0.152. The molecule has 200 valence electrons. The molecule has 3 atom stereocenters. The van der Waals surface area contributed by atoms with E-state index in [1.54, 1.807) is 27.2 Å². The molecule has 0 saturated heterocycles. The number of carbonyl (C=O) groups is 2. The largest absolute Gasteiger partial charge is 0.496 e. The molecule has 3 unspecified atom stereocenters. The van der Waals surface area contributed by atoms with E-state index in [2.05, 4.69) is 27.8 Å². The van der Waals surface area contributed by atoms with Gasteiger partial charge in [0.1, 0.15) is 11.2 Å². The van der Waals surface area contributed by atoms with Crippen molar-refractivity contribution in [3.63, 3.8) is 0 Å². The Bertz CT molecular complexity index is 1310. The van der Waals surface area contributed by atoms with Crippen LogP contribution in [0.1, 0.15) is 33.3 Å². The number of benzene rings is 2. The number of fused-ring (bicyclic) bond motifs is 1. The van der Waals surface area contributed by atoms with Crippen LogP contribution in [0.3, 0.4) is 0 Å². The van der Waals surface area contributed by atoms with Gasteiger partial charge in [0.15, 0.2) is 5.13 Å². The molecular weight excluding hydrogens is 502 g/mol. The van der Waals surface area contributed by atoms with Gasteiger partial charge in [-0.2, -0.15) is 0 Å². The lowest BCUT2D eigenvalue weighted by Gasteiger charge is -2.48. The van der Waals surface area contributed by atoms with Crippen LogP contribution >= 0.6 is 11.3 Å². The molecule has 0 bridgehead atoms. The highest BCUT2D eigenvalue weighted by atomic mass is 32.1. The first kappa shape index (κ1) is 27.2. The second kappa shape index (κ2) is 11.7. The van der Waals surface area contributed by atoms with Crippen molar-refractivity contribution in [3.8, 4) is 16.9 Å². The monoisotopic (exact) mass is 535 g/mol. The van der Waals surface area contributed by atoms with Crippen molar-refractivity contribution in [1.29, 1.82) is 0 Å². The first-order chi connectivity index (χ1) is 18.4. The first-order valence-electron chi connectivity index (χ1n) is 12.6. The van der Waals surface area contributed by atoms with E-state index in [1.165, 1.54) is 22.5 Å². The number of esters is 2. The van der Waals surface area contributed by atoms with Crippen molar-refractivity contribution in [2.45, 2.75) is 45.2 Å². The fourth-order valence-corrected chi connectivity index (χ4v) is 5.55. The molecule has 2 heterocycles. The molecule has 0 saturated carbocycles. The first-order valence-corrected chi connectivity index (χ1v) is 13.5. The van der Waals surface area contributed by atoms with Gasteiger partial charge in [0, 0.05) is 28.9 Å². The predicted molar refractivity (Wildman–Crippen MR) is 148 cm³/mol. The van der Waals surface area contributed by atoms with Crippen molar-refractivity contribution >= 4 is 28.4 Å². The van der Waals surface area contributed by atoms with Crippen LogP contribution in [0.15, 0.2) is 71.4 Å². The molecule has 5 rings (SSSR count). The Morgan fingerprint density at radius 1 is 1.11 bits per heavy atom. The summed E-state index contributed by atoms with van der Waals surface area (Å²) in [5.41, 5.74) is 3.17.